The van der Waals surface area contributed by atoms with Gasteiger partial charge in [-0.25, -0.2) is 0 Å². The van der Waals surface area contributed by atoms with Crippen LogP contribution in [0.5, 0.6) is 5.75 Å². The second-order valence-electron chi connectivity index (χ2n) is 5.59. The van der Waals surface area contributed by atoms with Crippen LogP contribution in [0.25, 0.3) is 0 Å². The van der Waals surface area contributed by atoms with Gasteiger partial charge in [-0.15, -0.1) is 0 Å². The monoisotopic (exact) mass is 276 g/mol. The van der Waals surface area contributed by atoms with Crippen molar-refractivity contribution in [1.82, 2.24) is 10.2 Å². The predicted octanol–water partition coefficient (Wildman–Crippen LogP) is 2.91. The zero-order chi connectivity index (χ0) is 14.2. The maximum atomic E-state index is 5.46. The van der Waals surface area contributed by atoms with Crippen LogP contribution in [0.3, 0.4) is 0 Å². The Balaban J connectivity index is 1.65. The highest BCUT2D eigenvalue weighted by atomic mass is 16.5. The lowest BCUT2D eigenvalue weighted by Gasteiger charge is -2.31. The van der Waals surface area contributed by atoms with Gasteiger partial charge in [-0.1, -0.05) is 19.1 Å². The molecular formula is C17H28N2O. The molecule has 3 nitrogen and oxygen atoms in total. The van der Waals surface area contributed by atoms with Gasteiger partial charge in [0.15, 0.2) is 0 Å². The van der Waals surface area contributed by atoms with E-state index in [1.165, 1.54) is 38.0 Å². The first kappa shape index (κ1) is 15.3. The summed E-state index contributed by atoms with van der Waals surface area (Å²) in [7, 11) is 0. The quantitative estimate of drug-likeness (QED) is 0.829. The molecule has 0 unspecified atom stereocenters. The molecule has 0 spiro atoms. The number of ether oxygens (including phenoxy) is 1. The predicted molar refractivity (Wildman–Crippen MR) is 84.2 cm³/mol. The van der Waals surface area contributed by atoms with E-state index in [2.05, 4.69) is 41.4 Å². The molecule has 1 aliphatic heterocycles. The minimum Gasteiger partial charge on any atom is -0.494 e. The third-order valence-electron chi connectivity index (χ3n) is 4.15. The topological polar surface area (TPSA) is 24.5 Å². The lowest BCUT2D eigenvalue weighted by Crippen LogP contribution is -2.36. The van der Waals surface area contributed by atoms with Crippen molar-refractivity contribution in [2.75, 3.05) is 32.8 Å². The van der Waals surface area contributed by atoms with Gasteiger partial charge in [0.2, 0.25) is 0 Å². The molecule has 1 aromatic carbocycles. The molecule has 0 radical (unpaired) electrons. The van der Waals surface area contributed by atoms with Gasteiger partial charge >= 0.3 is 0 Å². The summed E-state index contributed by atoms with van der Waals surface area (Å²) in [5, 5.41) is 3.60. The summed E-state index contributed by atoms with van der Waals surface area (Å²) in [6.07, 6.45) is 2.67. The van der Waals surface area contributed by atoms with Gasteiger partial charge in [0.1, 0.15) is 5.75 Å². The molecule has 0 saturated carbocycles. The Morgan fingerprint density at radius 1 is 1.15 bits per heavy atom. The van der Waals surface area contributed by atoms with Crippen LogP contribution in [0, 0.1) is 5.92 Å². The third-order valence-corrected chi connectivity index (χ3v) is 4.15. The lowest BCUT2D eigenvalue weighted by atomic mass is 9.97. The zero-order valence-corrected chi connectivity index (χ0v) is 12.9. The van der Waals surface area contributed by atoms with Crippen molar-refractivity contribution >= 4 is 0 Å². The van der Waals surface area contributed by atoms with E-state index in [1.807, 2.05) is 6.92 Å². The largest absolute Gasteiger partial charge is 0.494 e. The molecule has 1 fully saturated rings. The second kappa shape index (κ2) is 8.28. The number of piperidine rings is 1. The molecule has 3 heteroatoms. The van der Waals surface area contributed by atoms with Crippen LogP contribution >= 0.6 is 0 Å². The standard InChI is InChI=1S/C17H28N2O/c1-3-19-11-9-16(10-12-19)14-18-13-15-5-7-17(8-6-15)20-4-2/h5-8,16,18H,3-4,9-14H2,1-2H3. The van der Waals surface area contributed by atoms with Gasteiger partial charge in [-0.2, -0.15) is 0 Å². The molecular weight excluding hydrogens is 248 g/mol. The van der Waals surface area contributed by atoms with Gasteiger partial charge in [0, 0.05) is 6.54 Å². The molecule has 1 aliphatic rings. The molecule has 1 N–H and O–H groups in total. The Bertz CT molecular complexity index is 369. The average molecular weight is 276 g/mol. The SMILES string of the molecule is CCOc1ccc(CNCC2CCN(CC)CC2)cc1. The van der Waals surface area contributed by atoms with Crippen molar-refractivity contribution in [2.45, 2.75) is 33.2 Å². The van der Waals surface area contributed by atoms with E-state index in [0.717, 1.165) is 31.4 Å². The van der Waals surface area contributed by atoms with Gasteiger partial charge in [0.25, 0.3) is 0 Å². The van der Waals surface area contributed by atoms with E-state index in [4.69, 9.17) is 4.74 Å². The van der Waals surface area contributed by atoms with Crippen molar-refractivity contribution in [3.8, 4) is 5.75 Å². The summed E-state index contributed by atoms with van der Waals surface area (Å²) < 4.78 is 5.46. The summed E-state index contributed by atoms with van der Waals surface area (Å²) in [6, 6.07) is 8.41. The average Bonchev–Trinajstić information content (AvgIpc) is 2.50. The number of nitrogens with zero attached hydrogens (tertiary/aromatic N) is 1. The molecule has 112 valence electrons. The van der Waals surface area contributed by atoms with Crippen LogP contribution in [0.4, 0.5) is 0 Å². The van der Waals surface area contributed by atoms with Crippen molar-refractivity contribution in [2.24, 2.45) is 5.92 Å². The fraction of sp³-hybridized carbons (Fsp3) is 0.647. The number of likely N-dealkylation sites (tertiary alicyclic amines) is 1. The first-order valence-electron chi connectivity index (χ1n) is 7.96. The Kier molecular flexibility index (Phi) is 6.34. The molecule has 1 heterocycles. The van der Waals surface area contributed by atoms with Crippen LogP contribution in [0.15, 0.2) is 24.3 Å². The van der Waals surface area contributed by atoms with E-state index in [1.54, 1.807) is 0 Å². The maximum Gasteiger partial charge on any atom is 0.119 e. The lowest BCUT2D eigenvalue weighted by molar-refractivity contribution is 0.190. The van der Waals surface area contributed by atoms with Crippen LogP contribution < -0.4 is 10.1 Å². The zero-order valence-electron chi connectivity index (χ0n) is 12.9. The minimum absolute atomic E-state index is 0.730. The van der Waals surface area contributed by atoms with Gasteiger partial charge < -0.3 is 15.0 Å². The molecule has 1 aromatic rings. The number of hydrogen-bond acceptors (Lipinski definition) is 3. The fourth-order valence-corrected chi connectivity index (χ4v) is 2.80. The molecule has 2 rings (SSSR count). The van der Waals surface area contributed by atoms with Crippen molar-refractivity contribution in [3.05, 3.63) is 29.8 Å². The first-order chi connectivity index (χ1) is 9.81. The highest BCUT2D eigenvalue weighted by Crippen LogP contribution is 2.16. The normalized spacial score (nSPS) is 17.3. The Labute approximate surface area is 123 Å². The summed E-state index contributed by atoms with van der Waals surface area (Å²) in [6.45, 7) is 10.8. The maximum absolute atomic E-state index is 5.46. The van der Waals surface area contributed by atoms with E-state index in [-0.39, 0.29) is 0 Å². The van der Waals surface area contributed by atoms with E-state index in [9.17, 15) is 0 Å². The Hall–Kier alpha value is -1.06. The van der Waals surface area contributed by atoms with Crippen LogP contribution in [-0.4, -0.2) is 37.7 Å². The summed E-state index contributed by atoms with van der Waals surface area (Å²) in [4.78, 5) is 2.54. The van der Waals surface area contributed by atoms with Gasteiger partial charge in [-0.05, 0) is 69.6 Å². The third kappa shape index (κ3) is 4.80. The van der Waals surface area contributed by atoms with Crippen LogP contribution in [0.1, 0.15) is 32.3 Å². The molecule has 20 heavy (non-hydrogen) atoms. The van der Waals surface area contributed by atoms with Crippen molar-refractivity contribution in [1.29, 1.82) is 0 Å². The fourth-order valence-electron chi connectivity index (χ4n) is 2.80. The molecule has 1 saturated heterocycles. The number of rotatable bonds is 7. The summed E-state index contributed by atoms with van der Waals surface area (Å²) >= 11 is 0. The molecule has 0 aliphatic carbocycles. The molecule has 0 atom stereocenters. The number of nitrogens with one attached hydrogen (secondary N) is 1. The highest BCUT2D eigenvalue weighted by Gasteiger charge is 2.17. The number of hydrogen-bond donors (Lipinski definition) is 1. The summed E-state index contributed by atoms with van der Waals surface area (Å²) in [5.41, 5.74) is 1.33. The van der Waals surface area contributed by atoms with Crippen molar-refractivity contribution in [3.63, 3.8) is 0 Å². The van der Waals surface area contributed by atoms with Gasteiger partial charge in [-0.3, -0.25) is 0 Å². The van der Waals surface area contributed by atoms with Crippen LogP contribution in [0.2, 0.25) is 0 Å². The van der Waals surface area contributed by atoms with E-state index >= 15 is 0 Å². The molecule has 0 bridgehead atoms. The van der Waals surface area contributed by atoms with Gasteiger partial charge in [0.05, 0.1) is 6.61 Å². The Morgan fingerprint density at radius 3 is 2.45 bits per heavy atom. The molecule has 0 aromatic heterocycles. The smallest absolute Gasteiger partial charge is 0.119 e. The Morgan fingerprint density at radius 2 is 1.85 bits per heavy atom. The second-order valence-corrected chi connectivity index (χ2v) is 5.59. The van der Waals surface area contributed by atoms with Crippen LogP contribution in [-0.2, 0) is 6.54 Å². The molecule has 0 amide bonds. The summed E-state index contributed by atoms with van der Waals surface area (Å²) in [5.74, 6) is 1.81. The first-order valence-corrected chi connectivity index (χ1v) is 7.96. The highest BCUT2D eigenvalue weighted by molar-refractivity contribution is 5.27. The van der Waals surface area contributed by atoms with E-state index in [0.29, 0.717) is 0 Å². The number of benzene rings is 1. The van der Waals surface area contributed by atoms with E-state index < -0.39 is 0 Å². The van der Waals surface area contributed by atoms with Crippen molar-refractivity contribution < 1.29 is 4.74 Å². The minimum atomic E-state index is 0.730.